The molecule has 0 bridgehead atoms. The minimum Gasteiger partial charge on any atom is -0.497 e. The van der Waals surface area contributed by atoms with Gasteiger partial charge >= 0.3 is 0 Å². The summed E-state index contributed by atoms with van der Waals surface area (Å²) >= 11 is 1.58. The highest BCUT2D eigenvalue weighted by atomic mass is 32.1. The maximum absolute atomic E-state index is 12.1. The van der Waals surface area contributed by atoms with E-state index in [2.05, 4.69) is 10.3 Å². The van der Waals surface area contributed by atoms with E-state index in [0.717, 1.165) is 21.7 Å². The van der Waals surface area contributed by atoms with Crippen LogP contribution >= 0.6 is 11.3 Å². The minimum atomic E-state index is -0.151. The summed E-state index contributed by atoms with van der Waals surface area (Å²) in [5.41, 5.74) is 4.01. The van der Waals surface area contributed by atoms with E-state index < -0.39 is 0 Å². The van der Waals surface area contributed by atoms with Crippen LogP contribution < -0.4 is 10.1 Å². The summed E-state index contributed by atoms with van der Waals surface area (Å²) in [5.74, 6) is 0.577. The van der Waals surface area contributed by atoms with Crippen LogP contribution in [0.15, 0.2) is 48.0 Å². The third-order valence-electron chi connectivity index (χ3n) is 2.94. The quantitative estimate of drug-likeness (QED) is 0.800. The van der Waals surface area contributed by atoms with E-state index in [1.54, 1.807) is 48.2 Å². The van der Waals surface area contributed by atoms with Gasteiger partial charge in [0.2, 0.25) is 0 Å². The Kier molecular flexibility index (Phi) is 3.35. The second-order valence-electron chi connectivity index (χ2n) is 4.22. The van der Waals surface area contributed by atoms with E-state index in [1.807, 2.05) is 18.2 Å². The lowest BCUT2D eigenvalue weighted by Gasteiger charge is -2.06. The first-order chi connectivity index (χ1) is 9.76. The topological polar surface area (TPSA) is 51.2 Å². The smallest absolute Gasteiger partial charge is 0.255 e. The molecule has 1 aromatic heterocycles. The number of hydrogen-bond donors (Lipinski definition) is 1. The standard InChI is InChI=1S/C15H12N2O2S/c1-19-12-5-2-10(3-6-12)15(18)17-11-4-7-14-13(8-11)16-9-20-14/h2-9H,1H3,(H,17,18). The van der Waals surface area contributed by atoms with E-state index in [4.69, 9.17) is 4.74 Å². The molecule has 0 fully saturated rings. The highest BCUT2D eigenvalue weighted by Crippen LogP contribution is 2.22. The van der Waals surface area contributed by atoms with Crippen molar-refractivity contribution in [1.82, 2.24) is 4.98 Å². The van der Waals surface area contributed by atoms with Gasteiger partial charge < -0.3 is 10.1 Å². The third-order valence-corrected chi connectivity index (χ3v) is 3.75. The van der Waals surface area contributed by atoms with E-state index in [9.17, 15) is 4.79 Å². The number of aromatic nitrogens is 1. The van der Waals surface area contributed by atoms with E-state index >= 15 is 0 Å². The Bertz CT molecular complexity index is 750. The fraction of sp³-hybridized carbons (Fsp3) is 0.0667. The molecule has 0 spiro atoms. The van der Waals surface area contributed by atoms with Gasteiger partial charge in [0, 0.05) is 11.3 Å². The molecule has 4 nitrogen and oxygen atoms in total. The van der Waals surface area contributed by atoms with Crippen molar-refractivity contribution in [3.05, 3.63) is 53.5 Å². The van der Waals surface area contributed by atoms with Crippen LogP contribution in [-0.2, 0) is 0 Å². The molecule has 0 aliphatic heterocycles. The Morgan fingerprint density at radius 3 is 2.75 bits per heavy atom. The number of amides is 1. The van der Waals surface area contributed by atoms with Crippen molar-refractivity contribution in [3.63, 3.8) is 0 Å². The summed E-state index contributed by atoms with van der Waals surface area (Å²) in [6.45, 7) is 0. The highest BCUT2D eigenvalue weighted by molar-refractivity contribution is 7.16. The zero-order chi connectivity index (χ0) is 13.9. The number of carbonyl (C=O) groups is 1. The summed E-state index contributed by atoms with van der Waals surface area (Å²) in [6, 6.07) is 12.7. The van der Waals surface area contributed by atoms with Gasteiger partial charge in [0.1, 0.15) is 5.75 Å². The molecule has 100 valence electrons. The van der Waals surface area contributed by atoms with Crippen molar-refractivity contribution in [1.29, 1.82) is 0 Å². The number of anilines is 1. The molecule has 3 rings (SSSR count). The van der Waals surface area contributed by atoms with Crippen molar-refractivity contribution in [2.24, 2.45) is 0 Å². The zero-order valence-electron chi connectivity index (χ0n) is 10.8. The summed E-state index contributed by atoms with van der Waals surface area (Å²) in [4.78, 5) is 16.4. The second kappa shape index (κ2) is 5.30. The number of rotatable bonds is 3. The average Bonchev–Trinajstić information content (AvgIpc) is 2.95. The van der Waals surface area contributed by atoms with Crippen LogP contribution in [0.25, 0.3) is 10.2 Å². The predicted octanol–water partition coefficient (Wildman–Crippen LogP) is 3.56. The van der Waals surface area contributed by atoms with Crippen LogP contribution in [0.3, 0.4) is 0 Å². The first kappa shape index (κ1) is 12.6. The molecule has 2 aromatic carbocycles. The number of benzene rings is 2. The number of carbonyl (C=O) groups excluding carboxylic acids is 1. The number of nitrogens with one attached hydrogen (secondary N) is 1. The monoisotopic (exact) mass is 284 g/mol. The average molecular weight is 284 g/mol. The minimum absolute atomic E-state index is 0.151. The Balaban J connectivity index is 1.80. The van der Waals surface area contributed by atoms with Crippen LogP contribution in [0, 0.1) is 0 Å². The summed E-state index contributed by atoms with van der Waals surface area (Å²) in [6.07, 6.45) is 0. The molecule has 0 atom stereocenters. The van der Waals surface area contributed by atoms with Gasteiger partial charge in [0.25, 0.3) is 5.91 Å². The number of hydrogen-bond acceptors (Lipinski definition) is 4. The first-order valence-electron chi connectivity index (χ1n) is 6.05. The van der Waals surface area contributed by atoms with E-state index in [1.165, 1.54) is 0 Å². The molecule has 1 amide bonds. The Morgan fingerprint density at radius 2 is 2.00 bits per heavy atom. The second-order valence-corrected chi connectivity index (χ2v) is 5.10. The molecule has 1 N–H and O–H groups in total. The molecule has 5 heteroatoms. The van der Waals surface area contributed by atoms with Gasteiger partial charge in [-0.2, -0.15) is 0 Å². The number of methoxy groups -OCH3 is 1. The lowest BCUT2D eigenvalue weighted by molar-refractivity contribution is 0.102. The maximum Gasteiger partial charge on any atom is 0.255 e. The van der Waals surface area contributed by atoms with Gasteiger partial charge in [0.05, 0.1) is 22.8 Å². The van der Waals surface area contributed by atoms with E-state index in [0.29, 0.717) is 5.56 Å². The molecule has 0 aliphatic carbocycles. The van der Waals surface area contributed by atoms with Crippen LogP contribution in [-0.4, -0.2) is 18.0 Å². The fourth-order valence-electron chi connectivity index (χ4n) is 1.88. The lowest BCUT2D eigenvalue weighted by Crippen LogP contribution is -2.11. The molecule has 0 aliphatic rings. The van der Waals surface area contributed by atoms with Gasteiger partial charge in [-0.05, 0) is 42.5 Å². The lowest BCUT2D eigenvalue weighted by atomic mass is 10.2. The van der Waals surface area contributed by atoms with Crippen LogP contribution in [0.2, 0.25) is 0 Å². The molecule has 0 saturated carbocycles. The molecular formula is C15H12N2O2S. The molecule has 0 unspecified atom stereocenters. The van der Waals surface area contributed by atoms with Crippen molar-refractivity contribution >= 4 is 33.1 Å². The third kappa shape index (κ3) is 2.48. The molecule has 20 heavy (non-hydrogen) atoms. The Morgan fingerprint density at radius 1 is 1.20 bits per heavy atom. The largest absolute Gasteiger partial charge is 0.497 e. The molecular weight excluding hydrogens is 272 g/mol. The van der Waals surface area contributed by atoms with Gasteiger partial charge in [-0.3, -0.25) is 4.79 Å². The number of fused-ring (bicyclic) bond motifs is 1. The molecule has 3 aromatic rings. The maximum atomic E-state index is 12.1. The van der Waals surface area contributed by atoms with Crippen LogP contribution in [0.4, 0.5) is 5.69 Å². The first-order valence-corrected chi connectivity index (χ1v) is 6.93. The predicted molar refractivity (Wildman–Crippen MR) is 80.6 cm³/mol. The van der Waals surface area contributed by atoms with Crippen molar-refractivity contribution in [3.8, 4) is 5.75 Å². The summed E-state index contributed by atoms with van der Waals surface area (Å²) < 4.78 is 6.17. The number of thiazole rings is 1. The summed E-state index contributed by atoms with van der Waals surface area (Å²) in [7, 11) is 1.60. The zero-order valence-corrected chi connectivity index (χ0v) is 11.6. The van der Waals surface area contributed by atoms with Gasteiger partial charge in [-0.15, -0.1) is 11.3 Å². The van der Waals surface area contributed by atoms with Crippen molar-refractivity contribution < 1.29 is 9.53 Å². The van der Waals surface area contributed by atoms with Gasteiger partial charge in [0.15, 0.2) is 0 Å². The fourth-order valence-corrected chi connectivity index (χ4v) is 2.54. The highest BCUT2D eigenvalue weighted by Gasteiger charge is 2.07. The van der Waals surface area contributed by atoms with Crippen LogP contribution in [0.1, 0.15) is 10.4 Å². The molecule has 0 saturated heterocycles. The van der Waals surface area contributed by atoms with Crippen LogP contribution in [0.5, 0.6) is 5.75 Å². The van der Waals surface area contributed by atoms with Gasteiger partial charge in [-0.25, -0.2) is 4.98 Å². The molecule has 1 heterocycles. The SMILES string of the molecule is COc1ccc(C(=O)Nc2ccc3scnc3c2)cc1. The normalized spacial score (nSPS) is 10.4. The van der Waals surface area contributed by atoms with Crippen molar-refractivity contribution in [2.75, 3.05) is 12.4 Å². The summed E-state index contributed by atoms with van der Waals surface area (Å²) in [5, 5.41) is 2.86. The van der Waals surface area contributed by atoms with E-state index in [-0.39, 0.29) is 5.91 Å². The van der Waals surface area contributed by atoms with Crippen molar-refractivity contribution in [2.45, 2.75) is 0 Å². The Labute approximate surface area is 120 Å². The number of ether oxygens (including phenoxy) is 1. The molecule has 0 radical (unpaired) electrons. The Hall–Kier alpha value is -2.40. The number of nitrogens with zero attached hydrogens (tertiary/aromatic N) is 1. The van der Waals surface area contributed by atoms with Gasteiger partial charge in [-0.1, -0.05) is 0 Å².